The van der Waals surface area contributed by atoms with Gasteiger partial charge in [-0.15, -0.1) is 0 Å². The number of hydrogen-bond acceptors (Lipinski definition) is 1. The molecule has 1 N–H and O–H groups in total. The summed E-state index contributed by atoms with van der Waals surface area (Å²) in [6.07, 6.45) is 6.25. The molecule has 110 valence electrons. The summed E-state index contributed by atoms with van der Waals surface area (Å²) in [7, 11) is 0. The van der Waals surface area contributed by atoms with E-state index in [1.165, 1.54) is 37.8 Å². The lowest BCUT2D eigenvalue weighted by Gasteiger charge is -2.26. The summed E-state index contributed by atoms with van der Waals surface area (Å²) < 4.78 is 13.0. The molecule has 0 atom stereocenters. The summed E-state index contributed by atoms with van der Waals surface area (Å²) in [5.74, 6) is 1.23. The lowest BCUT2D eigenvalue weighted by molar-refractivity contribution is 0.0949. The average Bonchev–Trinajstić information content (AvgIpc) is 2.41. The third-order valence-corrected chi connectivity index (χ3v) is 4.41. The number of carbonyl (C=O) groups is 1. The SMILES string of the molecule is Cc1cc(F)ccc1C(=O)NCCC1CCC(C)CC1. The van der Waals surface area contributed by atoms with Crippen LogP contribution in [-0.4, -0.2) is 12.5 Å². The van der Waals surface area contributed by atoms with E-state index in [4.69, 9.17) is 0 Å². The summed E-state index contributed by atoms with van der Waals surface area (Å²) in [6.45, 7) is 4.80. The predicted octanol–water partition coefficient (Wildman–Crippen LogP) is 4.08. The molecule has 20 heavy (non-hydrogen) atoms. The summed E-state index contributed by atoms with van der Waals surface area (Å²) in [6, 6.07) is 4.30. The fourth-order valence-corrected chi connectivity index (χ4v) is 2.98. The maximum Gasteiger partial charge on any atom is 0.251 e. The molecule has 3 heteroatoms. The molecule has 1 amide bonds. The van der Waals surface area contributed by atoms with Crippen LogP contribution in [0.4, 0.5) is 4.39 Å². The van der Waals surface area contributed by atoms with Crippen LogP contribution in [0.2, 0.25) is 0 Å². The zero-order valence-electron chi connectivity index (χ0n) is 12.4. The van der Waals surface area contributed by atoms with Crippen molar-refractivity contribution in [1.82, 2.24) is 5.32 Å². The van der Waals surface area contributed by atoms with Gasteiger partial charge in [-0.1, -0.05) is 32.6 Å². The first-order valence-corrected chi connectivity index (χ1v) is 7.60. The zero-order valence-corrected chi connectivity index (χ0v) is 12.4. The first kappa shape index (κ1) is 15.0. The Balaban J connectivity index is 1.77. The molecule has 2 rings (SSSR count). The van der Waals surface area contributed by atoms with Crippen molar-refractivity contribution in [3.8, 4) is 0 Å². The molecule has 0 aromatic heterocycles. The van der Waals surface area contributed by atoms with Gasteiger partial charge in [0, 0.05) is 12.1 Å². The Bertz CT molecular complexity index is 464. The molecule has 1 fully saturated rings. The molecule has 0 unspecified atom stereocenters. The Morgan fingerprint density at radius 3 is 2.65 bits per heavy atom. The molecule has 1 aliphatic carbocycles. The van der Waals surface area contributed by atoms with Crippen LogP contribution in [0.25, 0.3) is 0 Å². The van der Waals surface area contributed by atoms with E-state index in [0.29, 0.717) is 17.7 Å². The van der Waals surface area contributed by atoms with Gasteiger partial charge in [0.15, 0.2) is 0 Å². The van der Waals surface area contributed by atoms with Gasteiger partial charge in [0.05, 0.1) is 0 Å². The van der Waals surface area contributed by atoms with Gasteiger partial charge in [-0.2, -0.15) is 0 Å². The number of halogens is 1. The lowest BCUT2D eigenvalue weighted by Crippen LogP contribution is -2.27. The highest BCUT2D eigenvalue weighted by Gasteiger charge is 2.18. The van der Waals surface area contributed by atoms with Gasteiger partial charge in [0.2, 0.25) is 0 Å². The largest absolute Gasteiger partial charge is 0.352 e. The Kier molecular flexibility index (Phi) is 5.16. The van der Waals surface area contributed by atoms with Gasteiger partial charge in [0.25, 0.3) is 5.91 Å². The monoisotopic (exact) mass is 277 g/mol. The maximum atomic E-state index is 13.0. The summed E-state index contributed by atoms with van der Waals surface area (Å²) in [4.78, 5) is 12.0. The fourth-order valence-electron chi connectivity index (χ4n) is 2.98. The highest BCUT2D eigenvalue weighted by molar-refractivity contribution is 5.95. The quantitative estimate of drug-likeness (QED) is 0.882. The van der Waals surface area contributed by atoms with Gasteiger partial charge in [-0.05, 0) is 48.9 Å². The number of amides is 1. The second-order valence-electron chi connectivity index (χ2n) is 6.13. The smallest absolute Gasteiger partial charge is 0.251 e. The van der Waals surface area contributed by atoms with Crippen molar-refractivity contribution in [2.45, 2.75) is 46.0 Å². The molecule has 0 spiro atoms. The maximum absolute atomic E-state index is 13.0. The molecule has 0 heterocycles. The second-order valence-corrected chi connectivity index (χ2v) is 6.13. The van der Waals surface area contributed by atoms with Crippen LogP contribution in [-0.2, 0) is 0 Å². The van der Waals surface area contributed by atoms with Crippen LogP contribution >= 0.6 is 0 Å². The highest BCUT2D eigenvalue weighted by Crippen LogP contribution is 2.29. The average molecular weight is 277 g/mol. The third kappa shape index (κ3) is 4.06. The zero-order chi connectivity index (χ0) is 14.5. The Morgan fingerprint density at radius 2 is 2.00 bits per heavy atom. The summed E-state index contributed by atoms with van der Waals surface area (Å²) in [5, 5.41) is 2.96. The summed E-state index contributed by atoms with van der Waals surface area (Å²) in [5.41, 5.74) is 1.26. The molecular weight excluding hydrogens is 253 g/mol. The van der Waals surface area contributed by atoms with Gasteiger partial charge in [-0.3, -0.25) is 4.79 Å². The van der Waals surface area contributed by atoms with Crippen molar-refractivity contribution in [3.63, 3.8) is 0 Å². The number of rotatable bonds is 4. The number of carbonyl (C=O) groups excluding carboxylic acids is 1. The van der Waals surface area contributed by atoms with Crippen molar-refractivity contribution in [1.29, 1.82) is 0 Å². The number of benzene rings is 1. The predicted molar refractivity (Wildman–Crippen MR) is 79.2 cm³/mol. The number of nitrogens with one attached hydrogen (secondary N) is 1. The van der Waals surface area contributed by atoms with Crippen molar-refractivity contribution in [3.05, 3.63) is 35.1 Å². The Morgan fingerprint density at radius 1 is 1.30 bits per heavy atom. The van der Waals surface area contributed by atoms with Crippen LogP contribution in [0.3, 0.4) is 0 Å². The number of hydrogen-bond donors (Lipinski definition) is 1. The summed E-state index contributed by atoms with van der Waals surface area (Å²) >= 11 is 0. The van der Waals surface area contributed by atoms with Crippen LogP contribution in [0.1, 0.15) is 54.9 Å². The molecule has 1 saturated carbocycles. The van der Waals surface area contributed by atoms with E-state index in [1.807, 2.05) is 0 Å². The van der Waals surface area contributed by atoms with Crippen molar-refractivity contribution < 1.29 is 9.18 Å². The molecule has 0 bridgehead atoms. The van der Waals surface area contributed by atoms with Crippen molar-refractivity contribution >= 4 is 5.91 Å². The van der Waals surface area contributed by atoms with Gasteiger partial charge < -0.3 is 5.32 Å². The molecular formula is C17H24FNO. The Labute approximate surface area is 120 Å². The van der Waals surface area contributed by atoms with Crippen LogP contribution < -0.4 is 5.32 Å². The van der Waals surface area contributed by atoms with Crippen LogP contribution in [0, 0.1) is 24.6 Å². The minimum absolute atomic E-state index is 0.0910. The van der Waals surface area contributed by atoms with Gasteiger partial charge in [-0.25, -0.2) is 4.39 Å². The van der Waals surface area contributed by atoms with Gasteiger partial charge in [0.1, 0.15) is 5.82 Å². The van der Waals surface area contributed by atoms with E-state index < -0.39 is 0 Å². The number of aryl methyl sites for hydroxylation is 1. The molecule has 1 aliphatic rings. The van der Waals surface area contributed by atoms with E-state index in [0.717, 1.165) is 18.3 Å². The van der Waals surface area contributed by atoms with Gasteiger partial charge >= 0.3 is 0 Å². The minimum atomic E-state index is -0.296. The van der Waals surface area contributed by atoms with E-state index in [-0.39, 0.29) is 11.7 Å². The molecule has 1 aromatic carbocycles. The van der Waals surface area contributed by atoms with Crippen LogP contribution in [0.5, 0.6) is 0 Å². The van der Waals surface area contributed by atoms with E-state index in [9.17, 15) is 9.18 Å². The van der Waals surface area contributed by atoms with Crippen LogP contribution in [0.15, 0.2) is 18.2 Å². The minimum Gasteiger partial charge on any atom is -0.352 e. The highest BCUT2D eigenvalue weighted by atomic mass is 19.1. The van der Waals surface area contributed by atoms with Crippen molar-refractivity contribution in [2.24, 2.45) is 11.8 Å². The standard InChI is InChI=1S/C17H24FNO/c1-12-3-5-14(6-4-12)9-10-19-17(20)16-8-7-15(18)11-13(16)2/h7-8,11-12,14H,3-6,9-10H2,1-2H3,(H,19,20). The van der Waals surface area contributed by atoms with E-state index >= 15 is 0 Å². The first-order valence-electron chi connectivity index (χ1n) is 7.60. The third-order valence-electron chi connectivity index (χ3n) is 4.41. The van der Waals surface area contributed by atoms with E-state index in [2.05, 4.69) is 12.2 Å². The fraction of sp³-hybridized carbons (Fsp3) is 0.588. The van der Waals surface area contributed by atoms with E-state index in [1.54, 1.807) is 13.0 Å². The second kappa shape index (κ2) is 6.87. The van der Waals surface area contributed by atoms with Crippen molar-refractivity contribution in [2.75, 3.05) is 6.54 Å². The first-order chi connectivity index (χ1) is 9.56. The topological polar surface area (TPSA) is 29.1 Å². The molecule has 2 nitrogen and oxygen atoms in total. The Hall–Kier alpha value is -1.38. The molecule has 0 radical (unpaired) electrons. The molecule has 0 saturated heterocycles. The lowest BCUT2D eigenvalue weighted by atomic mass is 9.81. The molecule has 1 aromatic rings. The normalized spacial score (nSPS) is 22.6. The molecule has 0 aliphatic heterocycles.